The number of para-hydroxylation sites is 1. The van der Waals surface area contributed by atoms with E-state index in [2.05, 4.69) is 15.0 Å². The van der Waals surface area contributed by atoms with Crippen LogP contribution in [0.5, 0.6) is 0 Å². The van der Waals surface area contributed by atoms with Crippen molar-refractivity contribution >= 4 is 38.5 Å². The van der Waals surface area contributed by atoms with E-state index in [1.54, 1.807) is 12.4 Å². The SMILES string of the molecule is Nc1ccccc1-c1nc2c3cccnc3c3ncccc3c2[nH]1. The summed E-state index contributed by atoms with van der Waals surface area (Å²) in [4.78, 5) is 17.3. The van der Waals surface area contributed by atoms with E-state index in [1.807, 2.05) is 48.5 Å². The molecule has 5 nitrogen and oxygen atoms in total. The van der Waals surface area contributed by atoms with Gasteiger partial charge in [-0.3, -0.25) is 9.97 Å². The highest BCUT2D eigenvalue weighted by molar-refractivity contribution is 6.21. The summed E-state index contributed by atoms with van der Waals surface area (Å²) in [6.07, 6.45) is 3.57. The average molecular weight is 311 g/mol. The van der Waals surface area contributed by atoms with Crippen LogP contribution in [0.4, 0.5) is 5.69 Å². The van der Waals surface area contributed by atoms with Gasteiger partial charge in [-0.2, -0.15) is 0 Å². The predicted octanol–water partition coefficient (Wildman–Crippen LogP) is 3.91. The normalized spacial score (nSPS) is 11.5. The summed E-state index contributed by atoms with van der Waals surface area (Å²) < 4.78 is 0. The quantitative estimate of drug-likeness (QED) is 0.363. The Morgan fingerprint density at radius 1 is 0.750 bits per heavy atom. The number of nitrogen functional groups attached to an aromatic ring is 1. The molecule has 5 aromatic rings. The second-order valence-corrected chi connectivity index (χ2v) is 5.70. The van der Waals surface area contributed by atoms with E-state index in [4.69, 9.17) is 10.7 Å². The molecular weight excluding hydrogens is 298 g/mol. The Labute approximate surface area is 137 Å². The number of hydrogen-bond donors (Lipinski definition) is 2. The largest absolute Gasteiger partial charge is 0.398 e. The zero-order valence-corrected chi connectivity index (χ0v) is 12.7. The molecule has 0 radical (unpaired) electrons. The van der Waals surface area contributed by atoms with Crippen molar-refractivity contribution < 1.29 is 0 Å². The van der Waals surface area contributed by atoms with Crippen LogP contribution in [-0.4, -0.2) is 19.9 Å². The van der Waals surface area contributed by atoms with E-state index in [1.165, 1.54) is 0 Å². The number of nitrogens with two attached hydrogens (primary N) is 1. The molecule has 0 bridgehead atoms. The van der Waals surface area contributed by atoms with Crippen LogP contribution in [0.3, 0.4) is 0 Å². The summed E-state index contributed by atoms with van der Waals surface area (Å²) in [5, 5.41) is 1.99. The number of nitrogens with one attached hydrogen (secondary N) is 1. The highest BCUT2D eigenvalue weighted by atomic mass is 14.9. The topological polar surface area (TPSA) is 80.5 Å². The molecular formula is C19H13N5. The van der Waals surface area contributed by atoms with Crippen molar-refractivity contribution in [1.82, 2.24) is 19.9 Å². The first kappa shape index (κ1) is 13.0. The Balaban J connectivity index is 1.98. The maximum Gasteiger partial charge on any atom is 0.140 e. The molecule has 0 aliphatic heterocycles. The highest BCUT2D eigenvalue weighted by Gasteiger charge is 2.15. The van der Waals surface area contributed by atoms with Crippen LogP contribution in [0.2, 0.25) is 0 Å². The predicted molar refractivity (Wildman–Crippen MR) is 96.5 cm³/mol. The Kier molecular flexibility index (Phi) is 2.58. The lowest BCUT2D eigenvalue weighted by atomic mass is 10.1. The summed E-state index contributed by atoms with van der Waals surface area (Å²) in [5.74, 6) is 0.754. The Hall–Kier alpha value is -3.47. The van der Waals surface area contributed by atoms with Gasteiger partial charge < -0.3 is 10.7 Å². The third kappa shape index (κ3) is 1.72. The number of H-pyrrole nitrogens is 1. The third-order valence-electron chi connectivity index (χ3n) is 4.28. The fourth-order valence-electron chi connectivity index (χ4n) is 3.18. The molecule has 0 atom stereocenters. The van der Waals surface area contributed by atoms with Crippen molar-refractivity contribution in [2.75, 3.05) is 5.73 Å². The van der Waals surface area contributed by atoms with Crippen molar-refractivity contribution in [1.29, 1.82) is 0 Å². The number of benzene rings is 2. The van der Waals surface area contributed by atoms with E-state index in [0.717, 1.165) is 44.2 Å². The molecule has 0 spiro atoms. The maximum absolute atomic E-state index is 6.12. The Morgan fingerprint density at radius 2 is 1.46 bits per heavy atom. The van der Waals surface area contributed by atoms with Crippen molar-refractivity contribution in [3.05, 3.63) is 60.9 Å². The van der Waals surface area contributed by atoms with E-state index in [0.29, 0.717) is 5.69 Å². The monoisotopic (exact) mass is 311 g/mol. The van der Waals surface area contributed by atoms with Crippen molar-refractivity contribution in [2.45, 2.75) is 0 Å². The molecule has 0 saturated heterocycles. The number of nitrogens with zero attached hydrogens (tertiary/aromatic N) is 3. The molecule has 2 aromatic carbocycles. The number of anilines is 1. The minimum absolute atomic E-state index is 0.696. The lowest BCUT2D eigenvalue weighted by Gasteiger charge is -2.03. The second kappa shape index (κ2) is 4.76. The molecule has 0 aliphatic carbocycles. The molecule has 3 N–H and O–H groups in total. The Morgan fingerprint density at radius 3 is 2.25 bits per heavy atom. The smallest absolute Gasteiger partial charge is 0.140 e. The summed E-state index contributed by atoms with van der Waals surface area (Å²) >= 11 is 0. The van der Waals surface area contributed by atoms with E-state index in [9.17, 15) is 0 Å². The molecule has 3 aromatic heterocycles. The first-order valence-corrected chi connectivity index (χ1v) is 7.69. The van der Waals surface area contributed by atoms with Crippen molar-refractivity contribution in [3.8, 4) is 11.4 Å². The molecule has 0 saturated carbocycles. The minimum atomic E-state index is 0.696. The number of rotatable bonds is 1. The molecule has 0 unspecified atom stereocenters. The molecule has 24 heavy (non-hydrogen) atoms. The standard InChI is InChI=1S/C19H13N5/c20-14-8-2-1-5-11(14)19-23-17-12-6-3-9-21-15(12)16-13(18(17)24-19)7-4-10-22-16/h1-10H,20H2,(H,23,24). The minimum Gasteiger partial charge on any atom is -0.398 e. The van der Waals surface area contributed by atoms with Crippen LogP contribution >= 0.6 is 0 Å². The summed E-state index contributed by atoms with van der Waals surface area (Å²) in [7, 11) is 0. The van der Waals surface area contributed by atoms with Gasteiger partial charge in [0.1, 0.15) is 5.82 Å². The second-order valence-electron chi connectivity index (χ2n) is 5.70. The third-order valence-corrected chi connectivity index (χ3v) is 4.28. The van der Waals surface area contributed by atoms with Gasteiger partial charge in [-0.25, -0.2) is 4.98 Å². The number of pyridine rings is 2. The summed E-state index contributed by atoms with van der Waals surface area (Å²) in [5.41, 5.74) is 11.3. The van der Waals surface area contributed by atoms with Crippen molar-refractivity contribution in [2.24, 2.45) is 0 Å². The average Bonchev–Trinajstić information content (AvgIpc) is 3.08. The fraction of sp³-hybridized carbons (Fsp3) is 0. The Bertz CT molecular complexity index is 1150. The van der Waals surface area contributed by atoms with Gasteiger partial charge >= 0.3 is 0 Å². The van der Waals surface area contributed by atoms with E-state index >= 15 is 0 Å². The lowest BCUT2D eigenvalue weighted by molar-refractivity contribution is 1.34. The first-order chi connectivity index (χ1) is 11.8. The van der Waals surface area contributed by atoms with Gasteiger partial charge in [0, 0.05) is 34.4 Å². The molecule has 0 aliphatic rings. The zero-order chi connectivity index (χ0) is 16.1. The highest BCUT2D eigenvalue weighted by Crippen LogP contribution is 2.34. The van der Waals surface area contributed by atoms with Gasteiger partial charge in [-0.05, 0) is 36.4 Å². The van der Waals surface area contributed by atoms with Crippen LogP contribution in [0.15, 0.2) is 60.9 Å². The number of imidazole rings is 1. The van der Waals surface area contributed by atoms with Crippen LogP contribution in [0.1, 0.15) is 0 Å². The molecule has 5 heteroatoms. The number of fused-ring (bicyclic) bond motifs is 6. The molecule has 0 amide bonds. The van der Waals surface area contributed by atoms with Gasteiger partial charge in [-0.15, -0.1) is 0 Å². The lowest BCUT2D eigenvalue weighted by Crippen LogP contribution is -1.90. The van der Waals surface area contributed by atoms with Crippen LogP contribution in [-0.2, 0) is 0 Å². The van der Waals surface area contributed by atoms with E-state index in [-0.39, 0.29) is 0 Å². The fourth-order valence-corrected chi connectivity index (χ4v) is 3.18. The molecule has 3 heterocycles. The van der Waals surface area contributed by atoms with Crippen LogP contribution in [0.25, 0.3) is 44.2 Å². The number of aromatic nitrogens is 4. The van der Waals surface area contributed by atoms with Crippen LogP contribution in [0, 0.1) is 0 Å². The number of hydrogen-bond acceptors (Lipinski definition) is 4. The molecule has 0 fully saturated rings. The summed E-state index contributed by atoms with van der Waals surface area (Å²) in [6.45, 7) is 0. The van der Waals surface area contributed by atoms with Crippen molar-refractivity contribution in [3.63, 3.8) is 0 Å². The molecule has 114 valence electrons. The first-order valence-electron chi connectivity index (χ1n) is 7.69. The van der Waals surface area contributed by atoms with Crippen LogP contribution < -0.4 is 5.73 Å². The van der Waals surface area contributed by atoms with E-state index < -0.39 is 0 Å². The van der Waals surface area contributed by atoms with Gasteiger partial charge in [0.05, 0.1) is 22.1 Å². The van der Waals surface area contributed by atoms with Gasteiger partial charge in [0.25, 0.3) is 0 Å². The van der Waals surface area contributed by atoms with Gasteiger partial charge in [-0.1, -0.05) is 12.1 Å². The van der Waals surface area contributed by atoms with Gasteiger partial charge in [0.15, 0.2) is 0 Å². The van der Waals surface area contributed by atoms with Gasteiger partial charge in [0.2, 0.25) is 0 Å². The summed E-state index contributed by atoms with van der Waals surface area (Å²) in [6, 6.07) is 15.6. The number of aromatic amines is 1. The molecule has 5 rings (SSSR count). The maximum atomic E-state index is 6.12. The zero-order valence-electron chi connectivity index (χ0n) is 12.7.